The van der Waals surface area contributed by atoms with Gasteiger partial charge in [0.2, 0.25) is 0 Å². The van der Waals surface area contributed by atoms with Crippen LogP contribution in [0.15, 0.2) is 53.1 Å². The fourth-order valence-electron chi connectivity index (χ4n) is 2.24. The number of anilines is 1. The van der Waals surface area contributed by atoms with Crippen LogP contribution in [0.1, 0.15) is 5.69 Å². The van der Waals surface area contributed by atoms with Crippen molar-refractivity contribution in [1.29, 1.82) is 0 Å². The van der Waals surface area contributed by atoms with Crippen molar-refractivity contribution < 1.29 is 9.66 Å². The van der Waals surface area contributed by atoms with E-state index in [4.69, 9.17) is 4.74 Å². The molecule has 3 aromatic rings. The molecular formula is C16H14BrN5O3. The zero-order valence-electron chi connectivity index (χ0n) is 13.2. The van der Waals surface area contributed by atoms with Gasteiger partial charge in [0.15, 0.2) is 0 Å². The molecule has 0 atom stereocenters. The van der Waals surface area contributed by atoms with Crippen molar-refractivity contribution >= 4 is 27.3 Å². The second-order valence-corrected chi connectivity index (χ2v) is 6.04. The van der Waals surface area contributed by atoms with Crippen molar-refractivity contribution in [1.82, 2.24) is 15.0 Å². The van der Waals surface area contributed by atoms with Crippen LogP contribution >= 0.6 is 15.9 Å². The topological polar surface area (TPSA) is 95.1 Å². The Morgan fingerprint density at radius 1 is 1.28 bits per heavy atom. The number of nitrogens with one attached hydrogen (secondary N) is 1. The van der Waals surface area contributed by atoms with E-state index < -0.39 is 4.92 Å². The highest BCUT2D eigenvalue weighted by Gasteiger charge is 2.14. The van der Waals surface area contributed by atoms with Crippen molar-refractivity contribution in [2.45, 2.75) is 6.54 Å². The molecule has 0 amide bonds. The van der Waals surface area contributed by atoms with Gasteiger partial charge in [-0.1, -0.05) is 21.1 Å². The number of halogens is 1. The van der Waals surface area contributed by atoms with E-state index in [1.54, 1.807) is 30.1 Å². The van der Waals surface area contributed by atoms with Crippen LogP contribution in [0.3, 0.4) is 0 Å². The predicted octanol–water partition coefficient (Wildman–Crippen LogP) is 3.56. The van der Waals surface area contributed by atoms with Crippen molar-refractivity contribution in [3.63, 3.8) is 0 Å². The van der Waals surface area contributed by atoms with E-state index in [9.17, 15) is 10.1 Å². The maximum Gasteiger partial charge on any atom is 0.292 e. The quantitative estimate of drug-likeness (QED) is 0.499. The number of hydrogen-bond acceptors (Lipinski definition) is 6. The molecule has 0 radical (unpaired) electrons. The highest BCUT2D eigenvalue weighted by molar-refractivity contribution is 9.10. The van der Waals surface area contributed by atoms with Crippen LogP contribution in [0.2, 0.25) is 0 Å². The summed E-state index contributed by atoms with van der Waals surface area (Å²) in [6.07, 6.45) is 1.76. The average Bonchev–Trinajstić information content (AvgIpc) is 3.09. The average molecular weight is 404 g/mol. The molecule has 8 nitrogen and oxygen atoms in total. The Kier molecular flexibility index (Phi) is 4.94. The van der Waals surface area contributed by atoms with Gasteiger partial charge in [0.05, 0.1) is 30.5 Å². The summed E-state index contributed by atoms with van der Waals surface area (Å²) in [5, 5.41) is 22.3. The molecule has 0 saturated carbocycles. The third-order valence-electron chi connectivity index (χ3n) is 3.49. The molecule has 1 heterocycles. The van der Waals surface area contributed by atoms with E-state index in [1.165, 1.54) is 6.07 Å². The maximum atomic E-state index is 11.1. The van der Waals surface area contributed by atoms with Crippen molar-refractivity contribution in [3.8, 4) is 11.4 Å². The number of hydrogen-bond donors (Lipinski definition) is 1. The highest BCUT2D eigenvalue weighted by Crippen LogP contribution is 2.28. The summed E-state index contributed by atoms with van der Waals surface area (Å²) in [5.74, 6) is 0.757. The summed E-state index contributed by atoms with van der Waals surface area (Å²) >= 11 is 3.31. The second-order valence-electron chi connectivity index (χ2n) is 5.12. The monoisotopic (exact) mass is 403 g/mol. The summed E-state index contributed by atoms with van der Waals surface area (Å²) in [7, 11) is 1.61. The lowest BCUT2D eigenvalue weighted by Gasteiger charge is -2.05. The number of rotatable bonds is 6. The van der Waals surface area contributed by atoms with Gasteiger partial charge in [0.1, 0.15) is 17.1 Å². The predicted molar refractivity (Wildman–Crippen MR) is 96.0 cm³/mol. The first-order chi connectivity index (χ1) is 12.1. The first-order valence-electron chi connectivity index (χ1n) is 7.30. The molecule has 0 aliphatic rings. The molecule has 9 heteroatoms. The Labute approximate surface area is 151 Å². The number of benzene rings is 2. The zero-order valence-corrected chi connectivity index (χ0v) is 14.8. The summed E-state index contributed by atoms with van der Waals surface area (Å²) in [6, 6.07) is 12.1. The molecule has 1 aromatic heterocycles. The first-order valence-corrected chi connectivity index (χ1v) is 8.09. The standard InChI is InChI=1S/C16H14BrN5O3/c1-25-14-5-3-13(4-6-14)21-10-12(19-20-21)9-18-15-8-11(17)2-7-16(15)22(23)24/h2-8,10,18H,9H2,1H3. The minimum Gasteiger partial charge on any atom is -0.497 e. The number of aromatic nitrogens is 3. The maximum absolute atomic E-state index is 11.1. The van der Waals surface area contributed by atoms with Gasteiger partial charge in [0.25, 0.3) is 5.69 Å². The van der Waals surface area contributed by atoms with Crippen molar-refractivity contribution in [2.24, 2.45) is 0 Å². The van der Waals surface area contributed by atoms with Crippen LogP contribution in [0.4, 0.5) is 11.4 Å². The van der Waals surface area contributed by atoms with Gasteiger partial charge < -0.3 is 10.1 Å². The number of methoxy groups -OCH3 is 1. The van der Waals surface area contributed by atoms with Gasteiger partial charge in [-0.05, 0) is 36.4 Å². The molecule has 25 heavy (non-hydrogen) atoms. The van der Waals surface area contributed by atoms with Gasteiger partial charge in [-0.3, -0.25) is 10.1 Å². The molecule has 0 saturated heterocycles. The van der Waals surface area contributed by atoms with Crippen LogP contribution in [0.5, 0.6) is 5.75 Å². The molecule has 0 spiro atoms. The smallest absolute Gasteiger partial charge is 0.292 e. The van der Waals surface area contributed by atoms with E-state index in [0.717, 1.165) is 15.9 Å². The lowest BCUT2D eigenvalue weighted by atomic mass is 10.2. The van der Waals surface area contributed by atoms with Crippen molar-refractivity contribution in [3.05, 3.63) is 68.9 Å². The van der Waals surface area contributed by atoms with Crippen LogP contribution in [0.25, 0.3) is 5.69 Å². The third kappa shape index (κ3) is 3.94. The molecule has 3 rings (SSSR count). The number of ether oxygens (including phenoxy) is 1. The Hall–Kier alpha value is -2.94. The summed E-state index contributed by atoms with van der Waals surface area (Å²) < 4.78 is 7.51. The molecule has 0 bridgehead atoms. The largest absolute Gasteiger partial charge is 0.497 e. The Morgan fingerprint density at radius 2 is 2.04 bits per heavy atom. The Morgan fingerprint density at radius 3 is 2.72 bits per heavy atom. The summed E-state index contributed by atoms with van der Waals surface area (Å²) in [5.41, 5.74) is 1.92. The summed E-state index contributed by atoms with van der Waals surface area (Å²) in [4.78, 5) is 10.7. The molecular weight excluding hydrogens is 390 g/mol. The van der Waals surface area contributed by atoms with Gasteiger partial charge in [-0.25, -0.2) is 4.68 Å². The fraction of sp³-hybridized carbons (Fsp3) is 0.125. The van der Waals surface area contributed by atoms with Gasteiger partial charge in [0, 0.05) is 10.5 Å². The molecule has 0 fully saturated rings. The van der Waals surface area contributed by atoms with E-state index in [0.29, 0.717) is 17.9 Å². The number of nitro benzene ring substituents is 1. The molecule has 0 unspecified atom stereocenters. The number of nitro groups is 1. The van der Waals surface area contributed by atoms with E-state index in [1.807, 2.05) is 24.3 Å². The van der Waals surface area contributed by atoms with Gasteiger partial charge in [-0.2, -0.15) is 0 Å². The van der Waals surface area contributed by atoms with E-state index in [-0.39, 0.29) is 5.69 Å². The Balaban J connectivity index is 1.74. The van der Waals surface area contributed by atoms with Gasteiger partial charge in [-0.15, -0.1) is 5.10 Å². The molecule has 0 aliphatic heterocycles. The minimum absolute atomic E-state index is 0.00532. The zero-order chi connectivity index (χ0) is 17.8. The van der Waals surface area contributed by atoms with Crippen LogP contribution in [-0.4, -0.2) is 27.0 Å². The summed E-state index contributed by atoms with van der Waals surface area (Å²) in [6.45, 7) is 0.313. The van der Waals surface area contributed by atoms with Crippen LogP contribution in [0, 0.1) is 10.1 Å². The first kappa shape index (κ1) is 16.9. The van der Waals surface area contributed by atoms with Crippen LogP contribution in [-0.2, 0) is 6.54 Å². The molecule has 1 N–H and O–H groups in total. The molecule has 128 valence electrons. The molecule has 2 aromatic carbocycles. The lowest BCUT2D eigenvalue weighted by Crippen LogP contribution is -2.03. The van der Waals surface area contributed by atoms with Gasteiger partial charge >= 0.3 is 0 Å². The minimum atomic E-state index is -0.428. The lowest BCUT2D eigenvalue weighted by molar-refractivity contribution is -0.384. The highest BCUT2D eigenvalue weighted by atomic mass is 79.9. The van der Waals surface area contributed by atoms with E-state index in [2.05, 4.69) is 31.6 Å². The normalized spacial score (nSPS) is 10.5. The van der Waals surface area contributed by atoms with Crippen molar-refractivity contribution in [2.75, 3.05) is 12.4 Å². The van der Waals surface area contributed by atoms with E-state index >= 15 is 0 Å². The SMILES string of the molecule is COc1ccc(-n2cc(CNc3cc(Br)ccc3[N+](=O)[O-])nn2)cc1. The van der Waals surface area contributed by atoms with Crippen LogP contribution < -0.4 is 10.1 Å². The third-order valence-corrected chi connectivity index (χ3v) is 3.99. The second kappa shape index (κ2) is 7.31. The number of nitrogens with zero attached hydrogens (tertiary/aromatic N) is 4. The molecule has 0 aliphatic carbocycles. The Bertz CT molecular complexity index is 895. The fourth-order valence-corrected chi connectivity index (χ4v) is 2.60.